The number of carbonyl (C=O) groups is 2. The van der Waals surface area contributed by atoms with Crippen molar-refractivity contribution in [2.24, 2.45) is 0 Å². The number of nitrogens with zero attached hydrogens (tertiary/aromatic N) is 2. The molecule has 0 radical (unpaired) electrons. The summed E-state index contributed by atoms with van der Waals surface area (Å²) in [5.41, 5.74) is 0.0417. The fourth-order valence-corrected chi connectivity index (χ4v) is 3.57. The van der Waals surface area contributed by atoms with Crippen molar-refractivity contribution in [1.82, 2.24) is 15.1 Å². The highest BCUT2D eigenvalue weighted by molar-refractivity contribution is 5.68. The van der Waals surface area contributed by atoms with Crippen LogP contribution in [-0.2, 0) is 14.3 Å². The van der Waals surface area contributed by atoms with Crippen LogP contribution in [0.25, 0.3) is 0 Å². The number of likely N-dealkylation sites (N-methyl/N-ethyl adjacent to an activating group) is 1. The number of methoxy groups -OCH3 is 1. The summed E-state index contributed by atoms with van der Waals surface area (Å²) < 4.78 is 9.95. The quantitative estimate of drug-likeness (QED) is 0.668. The van der Waals surface area contributed by atoms with Gasteiger partial charge in [0.2, 0.25) is 6.41 Å². The van der Waals surface area contributed by atoms with E-state index in [-0.39, 0.29) is 11.7 Å². The van der Waals surface area contributed by atoms with Crippen molar-refractivity contribution in [3.63, 3.8) is 0 Å². The van der Waals surface area contributed by atoms with Crippen LogP contribution in [0.4, 0.5) is 4.79 Å². The molecule has 30 heavy (non-hydrogen) atoms. The second kappa shape index (κ2) is 15.5. The molecule has 178 valence electrons. The van der Waals surface area contributed by atoms with Crippen LogP contribution in [-0.4, -0.2) is 79.4 Å². The second-order valence-electron chi connectivity index (χ2n) is 8.93. The van der Waals surface area contributed by atoms with Gasteiger partial charge in [-0.05, 0) is 79.8 Å². The van der Waals surface area contributed by atoms with Crippen molar-refractivity contribution in [2.45, 2.75) is 104 Å². The van der Waals surface area contributed by atoms with Crippen LogP contribution < -0.4 is 5.32 Å². The van der Waals surface area contributed by atoms with E-state index in [1.807, 2.05) is 32.6 Å². The predicted molar refractivity (Wildman–Crippen MR) is 123 cm³/mol. The van der Waals surface area contributed by atoms with Crippen LogP contribution in [0.3, 0.4) is 0 Å². The molecule has 0 aromatic heterocycles. The molecule has 0 bridgehead atoms. The van der Waals surface area contributed by atoms with Gasteiger partial charge in [-0.3, -0.25) is 4.79 Å². The molecular formula is C23H47N3O4. The lowest BCUT2D eigenvalue weighted by molar-refractivity contribution is -0.110. The molecule has 2 fully saturated rings. The van der Waals surface area contributed by atoms with Crippen LogP contribution in [0.1, 0.15) is 80.6 Å². The zero-order valence-corrected chi connectivity index (χ0v) is 20.7. The van der Waals surface area contributed by atoms with Gasteiger partial charge in [-0.1, -0.05) is 13.8 Å². The first-order valence-corrected chi connectivity index (χ1v) is 11.6. The summed E-state index contributed by atoms with van der Waals surface area (Å²) in [6.45, 7) is 18.1. The average molecular weight is 430 g/mol. The highest BCUT2D eigenvalue weighted by atomic mass is 16.6. The van der Waals surface area contributed by atoms with Gasteiger partial charge in [0.1, 0.15) is 0 Å². The Morgan fingerprint density at radius 2 is 1.80 bits per heavy atom. The van der Waals surface area contributed by atoms with Gasteiger partial charge in [0.25, 0.3) is 0 Å². The van der Waals surface area contributed by atoms with Crippen LogP contribution in [0.15, 0.2) is 0 Å². The summed E-state index contributed by atoms with van der Waals surface area (Å²) in [7, 11) is 1.71. The summed E-state index contributed by atoms with van der Waals surface area (Å²) in [5, 5.41) is 2.83. The average Bonchev–Trinajstić information content (AvgIpc) is 3.09. The number of amides is 2. The van der Waals surface area contributed by atoms with E-state index in [2.05, 4.69) is 31.0 Å². The van der Waals surface area contributed by atoms with E-state index in [9.17, 15) is 9.59 Å². The molecule has 7 heteroatoms. The van der Waals surface area contributed by atoms with Crippen LogP contribution >= 0.6 is 0 Å². The van der Waals surface area contributed by atoms with Gasteiger partial charge in [0.05, 0.1) is 12.2 Å². The van der Waals surface area contributed by atoms with Crippen LogP contribution in [0.2, 0.25) is 0 Å². The lowest BCUT2D eigenvalue weighted by Crippen LogP contribution is -2.44. The monoisotopic (exact) mass is 429 g/mol. The second-order valence-corrected chi connectivity index (χ2v) is 8.93. The molecular weight excluding hydrogens is 382 g/mol. The number of piperidine rings is 1. The third-order valence-corrected chi connectivity index (χ3v) is 5.60. The van der Waals surface area contributed by atoms with Gasteiger partial charge in [0, 0.05) is 31.8 Å². The fourth-order valence-electron chi connectivity index (χ4n) is 3.57. The van der Waals surface area contributed by atoms with Gasteiger partial charge in [-0.2, -0.15) is 0 Å². The maximum Gasteiger partial charge on any atom is 0.410 e. The van der Waals surface area contributed by atoms with Crippen molar-refractivity contribution in [3.8, 4) is 0 Å². The first-order chi connectivity index (χ1) is 14.1. The van der Waals surface area contributed by atoms with Gasteiger partial charge >= 0.3 is 6.09 Å². The molecule has 0 saturated carbocycles. The number of hydrogen-bond donors (Lipinski definition) is 1. The molecule has 2 heterocycles. The Morgan fingerprint density at radius 3 is 2.27 bits per heavy atom. The summed E-state index contributed by atoms with van der Waals surface area (Å²) >= 11 is 0. The molecule has 2 rings (SSSR count). The number of ether oxygens (including phenoxy) is 2. The Kier molecular flexibility index (Phi) is 14.8. The first-order valence-electron chi connectivity index (χ1n) is 11.6. The summed E-state index contributed by atoms with van der Waals surface area (Å²) in [5.74, 6) is 0. The topological polar surface area (TPSA) is 71.1 Å². The van der Waals surface area contributed by atoms with E-state index in [0.717, 1.165) is 45.2 Å². The Balaban J connectivity index is 0.000000450. The first kappa shape index (κ1) is 28.7. The van der Waals surface area contributed by atoms with Crippen molar-refractivity contribution in [2.75, 3.05) is 33.4 Å². The van der Waals surface area contributed by atoms with E-state index < -0.39 is 0 Å². The number of carbonyl (C=O) groups excluding carboxylic acids is 2. The molecule has 0 aliphatic carbocycles. The molecule has 3 atom stereocenters. The largest absolute Gasteiger partial charge is 0.450 e. The Bertz CT molecular complexity index is 468. The Hall–Kier alpha value is -1.34. The van der Waals surface area contributed by atoms with Crippen molar-refractivity contribution < 1.29 is 19.1 Å². The van der Waals surface area contributed by atoms with Gasteiger partial charge in [-0.15, -0.1) is 0 Å². The van der Waals surface area contributed by atoms with E-state index in [0.29, 0.717) is 24.7 Å². The Labute approximate surface area is 184 Å². The third kappa shape index (κ3) is 11.7. The van der Waals surface area contributed by atoms with Gasteiger partial charge in [-0.25, -0.2) is 4.79 Å². The minimum Gasteiger partial charge on any atom is -0.450 e. The normalized spacial score (nSPS) is 24.1. The minimum absolute atomic E-state index is 0.0417. The van der Waals surface area contributed by atoms with Gasteiger partial charge in [0.15, 0.2) is 0 Å². The fraction of sp³-hybridized carbons (Fsp3) is 0.913. The molecule has 1 N–H and O–H groups in total. The SMILES string of the molecule is CCN1CCC[C@@H](NC=O)C1.CCOC(=O)N1C(C)CCC1CC.COC(C)(C)C. The maximum atomic E-state index is 11.5. The number of likely N-dealkylation sites (tertiary alicyclic amines) is 2. The minimum atomic E-state index is -0.139. The Morgan fingerprint density at radius 1 is 1.17 bits per heavy atom. The lowest BCUT2D eigenvalue weighted by atomic mass is 10.1. The maximum absolute atomic E-state index is 11.5. The van der Waals surface area contributed by atoms with Crippen LogP contribution in [0, 0.1) is 0 Å². The van der Waals surface area contributed by atoms with Gasteiger partial charge < -0.3 is 24.6 Å². The lowest BCUT2D eigenvalue weighted by Gasteiger charge is -2.31. The molecule has 7 nitrogen and oxygen atoms in total. The zero-order chi connectivity index (χ0) is 23.2. The van der Waals surface area contributed by atoms with Crippen LogP contribution in [0.5, 0.6) is 0 Å². The van der Waals surface area contributed by atoms with E-state index in [4.69, 9.17) is 9.47 Å². The van der Waals surface area contributed by atoms with E-state index in [1.54, 1.807) is 7.11 Å². The molecule has 2 aliphatic heterocycles. The molecule has 0 aromatic carbocycles. The molecule has 2 amide bonds. The number of hydrogen-bond acceptors (Lipinski definition) is 5. The highest BCUT2D eigenvalue weighted by Crippen LogP contribution is 2.26. The summed E-state index contributed by atoms with van der Waals surface area (Å²) in [4.78, 5) is 25.9. The van der Waals surface area contributed by atoms with E-state index in [1.165, 1.54) is 13.0 Å². The summed E-state index contributed by atoms with van der Waals surface area (Å²) in [6, 6.07) is 1.14. The number of rotatable bonds is 5. The number of nitrogens with one attached hydrogen (secondary N) is 1. The third-order valence-electron chi connectivity index (χ3n) is 5.60. The molecule has 2 aliphatic rings. The molecule has 2 saturated heterocycles. The standard InChI is InChI=1S/C10H19NO2.C8H16N2O.C5H12O/c1-4-9-7-6-8(3)11(9)10(12)13-5-2;1-2-10-5-3-4-8(6-10)9-7-11;1-5(2,3)6-4/h8-9H,4-7H2,1-3H3;7-8H,2-6H2,1H3,(H,9,11);1-4H3/t;8-;/m.1./s1. The van der Waals surface area contributed by atoms with Crippen molar-refractivity contribution in [1.29, 1.82) is 0 Å². The zero-order valence-electron chi connectivity index (χ0n) is 20.7. The molecule has 2 unspecified atom stereocenters. The predicted octanol–water partition coefficient (Wildman–Crippen LogP) is 4.05. The summed E-state index contributed by atoms with van der Waals surface area (Å²) in [6.07, 6.45) is 6.27. The smallest absolute Gasteiger partial charge is 0.410 e. The molecule has 0 aromatic rings. The van der Waals surface area contributed by atoms with E-state index >= 15 is 0 Å². The van der Waals surface area contributed by atoms with Crippen molar-refractivity contribution in [3.05, 3.63) is 0 Å². The van der Waals surface area contributed by atoms with Crippen molar-refractivity contribution >= 4 is 12.5 Å². The highest BCUT2D eigenvalue weighted by Gasteiger charge is 2.33. The molecule has 0 spiro atoms.